The summed E-state index contributed by atoms with van der Waals surface area (Å²) < 4.78 is 4.92. The molecule has 0 aliphatic carbocycles. The molecule has 5 nitrogen and oxygen atoms in total. The van der Waals surface area contributed by atoms with Crippen LogP contribution >= 0.6 is 0 Å². The van der Waals surface area contributed by atoms with Crippen molar-refractivity contribution >= 4 is 0 Å². The minimum absolute atomic E-state index is 0.426. The Labute approximate surface area is 74.0 Å². The highest BCUT2D eigenvalue weighted by Crippen LogP contribution is 2.17. The molecular formula is C8H6N4O. The lowest BCUT2D eigenvalue weighted by molar-refractivity contribution is 0.425. The third-order valence-corrected chi connectivity index (χ3v) is 1.58. The molecule has 5 heteroatoms. The van der Waals surface area contributed by atoms with E-state index in [9.17, 15) is 0 Å². The van der Waals surface area contributed by atoms with Crippen LogP contribution in [0.15, 0.2) is 16.8 Å². The minimum atomic E-state index is 0.426. The summed E-state index contributed by atoms with van der Waals surface area (Å²) in [6, 6.07) is 3.64. The number of hydrogen-bond donors (Lipinski definition) is 1. The van der Waals surface area contributed by atoms with E-state index in [1.165, 1.54) is 0 Å². The maximum atomic E-state index is 8.56. The molecule has 64 valence electrons. The van der Waals surface area contributed by atoms with Crippen LogP contribution in [0.2, 0.25) is 0 Å². The van der Waals surface area contributed by atoms with Crippen molar-refractivity contribution in [3.05, 3.63) is 23.8 Å². The first-order valence-corrected chi connectivity index (χ1v) is 3.69. The van der Waals surface area contributed by atoms with Gasteiger partial charge in [0.05, 0.1) is 5.56 Å². The number of aromatic amines is 1. The standard InChI is InChI=1S/C8H6N4O/c1-5-11-8(13-12-5)6-2-7(3-9)10-4-6/h2,4,10H,1H3. The summed E-state index contributed by atoms with van der Waals surface area (Å²) in [7, 11) is 0. The first-order chi connectivity index (χ1) is 6.29. The summed E-state index contributed by atoms with van der Waals surface area (Å²) in [5, 5.41) is 12.2. The van der Waals surface area contributed by atoms with Gasteiger partial charge >= 0.3 is 0 Å². The Morgan fingerprint density at radius 3 is 3.00 bits per heavy atom. The average molecular weight is 174 g/mol. The number of nitrogens with one attached hydrogen (secondary N) is 1. The molecule has 2 aromatic heterocycles. The van der Waals surface area contributed by atoms with E-state index in [0.717, 1.165) is 5.56 Å². The summed E-state index contributed by atoms with van der Waals surface area (Å²) in [5.41, 5.74) is 1.21. The molecule has 0 aliphatic rings. The van der Waals surface area contributed by atoms with E-state index >= 15 is 0 Å². The van der Waals surface area contributed by atoms with Crippen molar-refractivity contribution in [3.8, 4) is 17.5 Å². The molecule has 13 heavy (non-hydrogen) atoms. The Hall–Kier alpha value is -2.09. The van der Waals surface area contributed by atoms with Crippen LogP contribution in [0, 0.1) is 18.3 Å². The zero-order chi connectivity index (χ0) is 9.26. The van der Waals surface area contributed by atoms with Gasteiger partial charge in [-0.1, -0.05) is 5.16 Å². The molecule has 0 aliphatic heterocycles. The highest BCUT2D eigenvalue weighted by molar-refractivity contribution is 5.54. The average Bonchev–Trinajstić information content (AvgIpc) is 2.71. The molecule has 0 amide bonds. The fourth-order valence-electron chi connectivity index (χ4n) is 0.997. The number of nitriles is 1. The molecule has 0 fully saturated rings. The van der Waals surface area contributed by atoms with Crippen LogP contribution in [0.1, 0.15) is 11.5 Å². The van der Waals surface area contributed by atoms with Crippen LogP contribution in [-0.2, 0) is 0 Å². The van der Waals surface area contributed by atoms with Gasteiger partial charge in [-0.25, -0.2) is 0 Å². The fourth-order valence-corrected chi connectivity index (χ4v) is 0.997. The van der Waals surface area contributed by atoms with Crippen molar-refractivity contribution in [2.45, 2.75) is 6.92 Å². The van der Waals surface area contributed by atoms with Crippen LogP contribution < -0.4 is 0 Å². The summed E-state index contributed by atoms with van der Waals surface area (Å²) in [4.78, 5) is 6.80. The molecular weight excluding hydrogens is 168 g/mol. The lowest BCUT2D eigenvalue weighted by atomic mass is 10.3. The molecule has 1 N–H and O–H groups in total. The maximum absolute atomic E-state index is 8.56. The van der Waals surface area contributed by atoms with Gasteiger partial charge in [-0.2, -0.15) is 10.2 Å². The summed E-state index contributed by atoms with van der Waals surface area (Å²) in [5.74, 6) is 1.00. The van der Waals surface area contributed by atoms with Gasteiger partial charge in [-0.3, -0.25) is 0 Å². The van der Waals surface area contributed by atoms with E-state index in [0.29, 0.717) is 17.4 Å². The molecule has 2 rings (SSSR count). The molecule has 2 aromatic rings. The van der Waals surface area contributed by atoms with E-state index in [2.05, 4.69) is 15.1 Å². The number of rotatable bonds is 1. The second-order valence-corrected chi connectivity index (χ2v) is 2.56. The van der Waals surface area contributed by atoms with Crippen molar-refractivity contribution in [3.63, 3.8) is 0 Å². The molecule has 0 radical (unpaired) electrons. The van der Waals surface area contributed by atoms with E-state index in [-0.39, 0.29) is 0 Å². The van der Waals surface area contributed by atoms with Crippen LogP contribution in [0.3, 0.4) is 0 Å². The van der Waals surface area contributed by atoms with Gasteiger partial charge < -0.3 is 9.51 Å². The highest BCUT2D eigenvalue weighted by Gasteiger charge is 2.07. The Bertz CT molecular complexity index is 462. The number of nitrogens with zero attached hydrogens (tertiary/aromatic N) is 3. The zero-order valence-corrected chi connectivity index (χ0v) is 6.90. The largest absolute Gasteiger partial charge is 0.352 e. The Balaban J connectivity index is 2.42. The van der Waals surface area contributed by atoms with Crippen LogP contribution in [0.25, 0.3) is 11.5 Å². The molecule has 0 spiro atoms. The predicted molar refractivity (Wildman–Crippen MR) is 43.5 cm³/mol. The quantitative estimate of drug-likeness (QED) is 0.705. The second-order valence-electron chi connectivity index (χ2n) is 2.56. The Morgan fingerprint density at radius 1 is 1.62 bits per heavy atom. The SMILES string of the molecule is Cc1noc(-c2c[nH]c(C#N)c2)n1. The molecule has 0 aromatic carbocycles. The molecule has 0 atom stereocenters. The van der Waals surface area contributed by atoms with Crippen LogP contribution in [0.5, 0.6) is 0 Å². The summed E-state index contributed by atoms with van der Waals surface area (Å²) in [6.45, 7) is 1.74. The molecule has 0 unspecified atom stereocenters. The fraction of sp³-hybridized carbons (Fsp3) is 0.125. The molecule has 0 saturated carbocycles. The number of H-pyrrole nitrogens is 1. The van der Waals surface area contributed by atoms with E-state index < -0.39 is 0 Å². The normalized spacial score (nSPS) is 9.85. The molecule has 0 bridgehead atoms. The van der Waals surface area contributed by atoms with Gasteiger partial charge in [0.15, 0.2) is 5.82 Å². The predicted octanol–water partition coefficient (Wildman–Crippen LogP) is 1.24. The maximum Gasteiger partial charge on any atom is 0.259 e. The van der Waals surface area contributed by atoms with Gasteiger partial charge in [0.1, 0.15) is 11.8 Å². The van der Waals surface area contributed by atoms with Gasteiger partial charge in [-0.15, -0.1) is 0 Å². The van der Waals surface area contributed by atoms with E-state index in [1.807, 2.05) is 6.07 Å². The number of hydrogen-bond acceptors (Lipinski definition) is 4. The topological polar surface area (TPSA) is 78.5 Å². The minimum Gasteiger partial charge on any atom is -0.352 e. The number of aromatic nitrogens is 3. The van der Waals surface area contributed by atoms with Gasteiger partial charge in [0.25, 0.3) is 5.89 Å². The third kappa shape index (κ3) is 1.29. The zero-order valence-electron chi connectivity index (χ0n) is 6.90. The number of aryl methyl sites for hydroxylation is 1. The smallest absolute Gasteiger partial charge is 0.259 e. The first kappa shape index (κ1) is 7.55. The van der Waals surface area contributed by atoms with Crippen LogP contribution in [-0.4, -0.2) is 15.1 Å². The van der Waals surface area contributed by atoms with Gasteiger partial charge in [0, 0.05) is 6.20 Å². The highest BCUT2D eigenvalue weighted by atomic mass is 16.5. The van der Waals surface area contributed by atoms with Crippen molar-refractivity contribution < 1.29 is 4.52 Å². The molecule has 0 saturated heterocycles. The monoisotopic (exact) mass is 174 g/mol. The van der Waals surface area contributed by atoms with Crippen molar-refractivity contribution in [2.24, 2.45) is 0 Å². The van der Waals surface area contributed by atoms with Gasteiger partial charge in [-0.05, 0) is 13.0 Å². The second kappa shape index (κ2) is 2.75. The van der Waals surface area contributed by atoms with Crippen molar-refractivity contribution in [1.29, 1.82) is 5.26 Å². The van der Waals surface area contributed by atoms with Crippen LogP contribution in [0.4, 0.5) is 0 Å². The summed E-state index contributed by atoms with van der Waals surface area (Å²) in [6.07, 6.45) is 1.66. The lowest BCUT2D eigenvalue weighted by Gasteiger charge is -1.81. The van der Waals surface area contributed by atoms with Crippen molar-refractivity contribution in [2.75, 3.05) is 0 Å². The van der Waals surface area contributed by atoms with E-state index in [4.69, 9.17) is 9.78 Å². The lowest BCUT2D eigenvalue weighted by Crippen LogP contribution is -1.73. The third-order valence-electron chi connectivity index (χ3n) is 1.58. The molecule has 2 heterocycles. The Morgan fingerprint density at radius 2 is 2.46 bits per heavy atom. The van der Waals surface area contributed by atoms with Gasteiger partial charge in [0.2, 0.25) is 0 Å². The summed E-state index contributed by atoms with van der Waals surface area (Å²) >= 11 is 0. The van der Waals surface area contributed by atoms with Crippen molar-refractivity contribution in [1.82, 2.24) is 15.1 Å². The Kier molecular flexibility index (Phi) is 1.60. The van der Waals surface area contributed by atoms with E-state index in [1.54, 1.807) is 19.2 Å². The first-order valence-electron chi connectivity index (χ1n) is 3.69.